The zero-order valence-corrected chi connectivity index (χ0v) is 13.9. The quantitative estimate of drug-likeness (QED) is 0.554. The third-order valence-corrected chi connectivity index (χ3v) is 3.61. The lowest BCUT2D eigenvalue weighted by atomic mass is 10.0. The molecule has 0 fully saturated rings. The number of hydrogen-bond acceptors (Lipinski definition) is 0. The van der Waals surface area contributed by atoms with Crippen LogP contribution in [0.4, 0.5) is 0 Å². The van der Waals surface area contributed by atoms with Gasteiger partial charge in [-0.15, -0.1) is 11.5 Å². The van der Waals surface area contributed by atoms with E-state index in [1.807, 2.05) is 6.92 Å². The fraction of sp³-hybridized carbons (Fsp3) is 0.444. The molecule has 0 nitrogen and oxygen atoms in total. The van der Waals surface area contributed by atoms with Crippen molar-refractivity contribution in [2.45, 2.75) is 52.8 Å². The van der Waals surface area contributed by atoms with Crippen molar-refractivity contribution in [2.75, 3.05) is 0 Å². The minimum absolute atomic E-state index is 1.08. The van der Waals surface area contributed by atoms with E-state index in [1.165, 1.54) is 18.4 Å². The Morgan fingerprint density at radius 3 is 2.37 bits per heavy atom. The third-order valence-electron chi connectivity index (χ3n) is 2.73. The standard InChI is InChI=1S/C18H24Si/c1-6-8-10-16-11-12-17(13-14-19(3,4)5)18(15-16)9-7-2/h11-12,15H,6,8,10H2,1-5H3. The smallest absolute Gasteiger partial charge is 0.127 e. The molecular formula is C18H24Si. The van der Waals surface area contributed by atoms with Crippen LogP contribution < -0.4 is 0 Å². The Labute approximate surface area is 119 Å². The van der Waals surface area contributed by atoms with E-state index in [2.05, 4.69) is 68.1 Å². The van der Waals surface area contributed by atoms with Gasteiger partial charge in [0, 0.05) is 11.1 Å². The normalized spacial score (nSPS) is 10.2. The highest BCUT2D eigenvalue weighted by Gasteiger charge is 2.08. The molecule has 0 aliphatic rings. The van der Waals surface area contributed by atoms with Crippen LogP contribution in [-0.2, 0) is 6.42 Å². The van der Waals surface area contributed by atoms with Gasteiger partial charge in [-0.05, 0) is 37.5 Å². The largest absolute Gasteiger partial charge is 0.129 e. The van der Waals surface area contributed by atoms with Gasteiger partial charge in [-0.2, -0.15) is 0 Å². The van der Waals surface area contributed by atoms with Crippen molar-refractivity contribution in [2.24, 2.45) is 0 Å². The minimum Gasteiger partial charge on any atom is -0.127 e. The molecule has 0 radical (unpaired) electrons. The number of rotatable bonds is 3. The summed E-state index contributed by atoms with van der Waals surface area (Å²) in [6, 6.07) is 6.54. The van der Waals surface area contributed by atoms with Crippen LogP contribution in [0.2, 0.25) is 19.6 Å². The second-order valence-electron chi connectivity index (χ2n) is 5.86. The zero-order chi connectivity index (χ0) is 14.3. The Kier molecular flexibility index (Phi) is 5.93. The summed E-state index contributed by atoms with van der Waals surface area (Å²) in [6.45, 7) is 10.9. The Bertz CT molecular complexity index is 539. The van der Waals surface area contributed by atoms with Gasteiger partial charge in [-0.25, -0.2) is 0 Å². The summed E-state index contributed by atoms with van der Waals surface area (Å²) in [5.41, 5.74) is 6.96. The SMILES string of the molecule is CC#Cc1cc(CCCC)ccc1C#C[Si](C)(C)C. The molecule has 0 N–H and O–H groups in total. The predicted molar refractivity (Wildman–Crippen MR) is 87.8 cm³/mol. The lowest BCUT2D eigenvalue weighted by molar-refractivity contribution is 0.795. The summed E-state index contributed by atoms with van der Waals surface area (Å²) >= 11 is 0. The molecule has 100 valence electrons. The zero-order valence-electron chi connectivity index (χ0n) is 12.9. The lowest BCUT2D eigenvalue weighted by Crippen LogP contribution is -2.16. The molecule has 0 amide bonds. The molecule has 0 aliphatic carbocycles. The van der Waals surface area contributed by atoms with Crippen molar-refractivity contribution in [3.05, 3.63) is 34.9 Å². The Morgan fingerprint density at radius 2 is 1.79 bits per heavy atom. The van der Waals surface area contributed by atoms with Gasteiger partial charge in [0.05, 0.1) is 0 Å². The maximum absolute atomic E-state index is 3.42. The van der Waals surface area contributed by atoms with Gasteiger partial charge in [0.2, 0.25) is 0 Å². The maximum Gasteiger partial charge on any atom is 0.129 e. The molecule has 0 aliphatic heterocycles. The van der Waals surface area contributed by atoms with Gasteiger partial charge in [0.15, 0.2) is 0 Å². The van der Waals surface area contributed by atoms with Crippen LogP contribution in [-0.4, -0.2) is 8.07 Å². The fourth-order valence-corrected chi connectivity index (χ4v) is 2.24. The molecule has 0 bridgehead atoms. The summed E-state index contributed by atoms with van der Waals surface area (Å²) in [5, 5.41) is 0. The Morgan fingerprint density at radius 1 is 1.05 bits per heavy atom. The monoisotopic (exact) mass is 268 g/mol. The summed E-state index contributed by atoms with van der Waals surface area (Å²) in [5.74, 6) is 9.52. The molecule has 0 spiro atoms. The molecule has 0 aromatic heterocycles. The van der Waals surface area contributed by atoms with Crippen molar-refractivity contribution in [3.8, 4) is 23.3 Å². The highest BCUT2D eigenvalue weighted by molar-refractivity contribution is 6.83. The van der Waals surface area contributed by atoms with Crippen molar-refractivity contribution in [1.82, 2.24) is 0 Å². The van der Waals surface area contributed by atoms with E-state index in [0.29, 0.717) is 0 Å². The molecule has 0 saturated heterocycles. The van der Waals surface area contributed by atoms with Crippen LogP contribution in [0.5, 0.6) is 0 Å². The van der Waals surface area contributed by atoms with E-state index in [0.717, 1.165) is 17.5 Å². The second-order valence-corrected chi connectivity index (χ2v) is 10.6. The lowest BCUT2D eigenvalue weighted by Gasteiger charge is -2.06. The van der Waals surface area contributed by atoms with Crippen molar-refractivity contribution < 1.29 is 0 Å². The Hall–Kier alpha value is -1.44. The van der Waals surface area contributed by atoms with Crippen LogP contribution >= 0.6 is 0 Å². The topological polar surface area (TPSA) is 0 Å². The molecule has 1 aromatic rings. The van der Waals surface area contributed by atoms with Gasteiger partial charge in [0.1, 0.15) is 8.07 Å². The first kappa shape index (κ1) is 15.6. The summed E-state index contributed by atoms with van der Waals surface area (Å²) in [4.78, 5) is 0. The van der Waals surface area contributed by atoms with Crippen LogP contribution in [0.25, 0.3) is 0 Å². The number of benzene rings is 1. The molecule has 1 heteroatoms. The van der Waals surface area contributed by atoms with Gasteiger partial charge >= 0.3 is 0 Å². The van der Waals surface area contributed by atoms with E-state index in [4.69, 9.17) is 0 Å². The first-order valence-corrected chi connectivity index (χ1v) is 10.5. The summed E-state index contributed by atoms with van der Waals surface area (Å²) in [7, 11) is -1.33. The molecule has 0 unspecified atom stereocenters. The van der Waals surface area contributed by atoms with Gasteiger partial charge in [-0.3, -0.25) is 0 Å². The van der Waals surface area contributed by atoms with Crippen LogP contribution in [0.15, 0.2) is 18.2 Å². The second kappa shape index (κ2) is 7.22. The maximum atomic E-state index is 3.42. The molecule has 1 rings (SSSR count). The van der Waals surface area contributed by atoms with Crippen molar-refractivity contribution in [3.63, 3.8) is 0 Å². The van der Waals surface area contributed by atoms with Gasteiger partial charge < -0.3 is 0 Å². The average molecular weight is 268 g/mol. The molecule has 19 heavy (non-hydrogen) atoms. The van der Waals surface area contributed by atoms with Crippen LogP contribution in [0, 0.1) is 23.3 Å². The van der Waals surface area contributed by atoms with E-state index in [9.17, 15) is 0 Å². The molecular weight excluding hydrogens is 244 g/mol. The highest BCUT2D eigenvalue weighted by Crippen LogP contribution is 2.13. The molecule has 0 heterocycles. The van der Waals surface area contributed by atoms with Gasteiger partial charge in [-0.1, -0.05) is 50.9 Å². The number of unbranched alkanes of at least 4 members (excludes halogenated alkanes) is 1. The first-order chi connectivity index (χ1) is 8.96. The summed E-state index contributed by atoms with van der Waals surface area (Å²) in [6.07, 6.45) is 3.60. The van der Waals surface area contributed by atoms with E-state index in [1.54, 1.807) is 0 Å². The number of aryl methyl sites for hydroxylation is 1. The minimum atomic E-state index is -1.33. The third kappa shape index (κ3) is 5.82. The number of hydrogen-bond donors (Lipinski definition) is 0. The van der Waals surface area contributed by atoms with Crippen LogP contribution in [0.3, 0.4) is 0 Å². The molecule has 1 aromatic carbocycles. The average Bonchev–Trinajstić information content (AvgIpc) is 2.34. The first-order valence-electron chi connectivity index (χ1n) is 7.05. The van der Waals surface area contributed by atoms with Crippen LogP contribution in [0.1, 0.15) is 43.4 Å². The Balaban J connectivity index is 3.09. The van der Waals surface area contributed by atoms with Crippen molar-refractivity contribution >= 4 is 8.07 Å². The molecule has 0 saturated carbocycles. The van der Waals surface area contributed by atoms with E-state index in [-0.39, 0.29) is 0 Å². The van der Waals surface area contributed by atoms with Gasteiger partial charge in [0.25, 0.3) is 0 Å². The molecule has 0 atom stereocenters. The highest BCUT2D eigenvalue weighted by atomic mass is 28.3. The summed E-state index contributed by atoms with van der Waals surface area (Å²) < 4.78 is 0. The van der Waals surface area contributed by atoms with Crippen molar-refractivity contribution in [1.29, 1.82) is 0 Å². The predicted octanol–water partition coefficient (Wildman–Crippen LogP) is 4.63. The fourth-order valence-electron chi connectivity index (χ4n) is 1.73. The van der Waals surface area contributed by atoms with E-state index < -0.39 is 8.07 Å². The van der Waals surface area contributed by atoms with E-state index >= 15 is 0 Å².